The van der Waals surface area contributed by atoms with Crippen LogP contribution in [-0.2, 0) is 16.6 Å². The number of nitrogens with zero attached hydrogens (tertiary/aromatic N) is 3. The van der Waals surface area contributed by atoms with Crippen molar-refractivity contribution >= 4 is 45.5 Å². The summed E-state index contributed by atoms with van der Waals surface area (Å²) in [5.41, 5.74) is 2.86. The molecule has 2 N–H and O–H groups in total. The van der Waals surface area contributed by atoms with Gasteiger partial charge in [0, 0.05) is 55.0 Å². The van der Waals surface area contributed by atoms with Gasteiger partial charge in [0.15, 0.2) is 0 Å². The van der Waals surface area contributed by atoms with Gasteiger partial charge in [0.2, 0.25) is 15.9 Å². The Morgan fingerprint density at radius 2 is 1.60 bits per heavy atom. The molecule has 1 aliphatic rings. The molecule has 2 amide bonds. The molecule has 4 aromatic rings. The maximum Gasteiger partial charge on any atom is 0.326 e. The Hall–Kier alpha value is -4.19. The number of pyridine rings is 1. The van der Waals surface area contributed by atoms with Crippen LogP contribution in [-0.4, -0.2) is 49.7 Å². The first-order valence-electron chi connectivity index (χ1n) is 13.6. The number of anilines is 3. The van der Waals surface area contributed by atoms with Crippen molar-refractivity contribution in [1.82, 2.24) is 9.88 Å². The van der Waals surface area contributed by atoms with E-state index in [-0.39, 0.29) is 30.3 Å². The second-order valence-corrected chi connectivity index (χ2v) is 11.9. The number of amides is 2. The van der Waals surface area contributed by atoms with Gasteiger partial charge in [-0.25, -0.2) is 22.6 Å². The summed E-state index contributed by atoms with van der Waals surface area (Å²) in [6, 6.07) is 25.5. The van der Waals surface area contributed by atoms with Gasteiger partial charge < -0.3 is 10.1 Å². The number of ether oxygens (including phenoxy) is 1. The summed E-state index contributed by atoms with van der Waals surface area (Å²) in [5.74, 6) is 0.628. The molecule has 226 valence electrons. The predicted molar refractivity (Wildman–Crippen MR) is 169 cm³/mol. The number of benzene rings is 3. The number of hydrogen-bond donors (Lipinski definition) is 2. The third kappa shape index (κ3) is 9.15. The van der Waals surface area contributed by atoms with Crippen molar-refractivity contribution in [3.8, 4) is 11.6 Å². The largest absolute Gasteiger partial charge is 0.439 e. The number of aromatic nitrogens is 1. The van der Waals surface area contributed by atoms with Crippen LogP contribution in [0.3, 0.4) is 0 Å². The summed E-state index contributed by atoms with van der Waals surface area (Å²) in [7, 11) is -3.34. The molecule has 0 saturated carbocycles. The maximum absolute atomic E-state index is 13.4. The fourth-order valence-electron chi connectivity index (χ4n) is 4.88. The molecular weight excluding hydrogens is 593 g/mol. The van der Waals surface area contributed by atoms with Gasteiger partial charge in [-0.05, 0) is 79.1 Å². The minimum absolute atomic E-state index is 0. The fraction of sp³-hybridized carbons (Fsp3) is 0.226. The van der Waals surface area contributed by atoms with E-state index in [9.17, 15) is 17.6 Å². The van der Waals surface area contributed by atoms with E-state index in [1.165, 1.54) is 12.1 Å². The van der Waals surface area contributed by atoms with E-state index < -0.39 is 10.0 Å². The van der Waals surface area contributed by atoms with Gasteiger partial charge in [-0.15, -0.1) is 12.4 Å². The van der Waals surface area contributed by atoms with Crippen molar-refractivity contribution in [2.45, 2.75) is 25.4 Å². The molecule has 0 unspecified atom stereocenters. The minimum atomic E-state index is -3.34. The normalized spacial score (nSPS) is 13.9. The Balaban J connectivity index is 0.00000423. The number of hydrogen-bond acceptors (Lipinski definition) is 6. The number of rotatable bonds is 9. The molecule has 1 saturated heterocycles. The van der Waals surface area contributed by atoms with E-state index in [4.69, 9.17) is 4.74 Å². The van der Waals surface area contributed by atoms with Crippen LogP contribution >= 0.6 is 12.4 Å². The highest BCUT2D eigenvalue weighted by Crippen LogP contribution is 2.27. The summed E-state index contributed by atoms with van der Waals surface area (Å²) in [4.78, 5) is 21.9. The highest BCUT2D eigenvalue weighted by molar-refractivity contribution is 7.92. The highest BCUT2D eigenvalue weighted by atomic mass is 35.5. The Bertz CT molecular complexity index is 1580. The summed E-state index contributed by atoms with van der Waals surface area (Å²) in [6.45, 7) is 2.34. The van der Waals surface area contributed by atoms with E-state index >= 15 is 0 Å². The minimum Gasteiger partial charge on any atom is -0.439 e. The van der Waals surface area contributed by atoms with Crippen LogP contribution < -0.4 is 19.7 Å². The molecular formula is C31H33ClFN5O4S. The monoisotopic (exact) mass is 625 g/mol. The number of likely N-dealkylation sites (tertiary alicyclic amines) is 1. The van der Waals surface area contributed by atoms with Crippen LogP contribution in [0.5, 0.6) is 11.6 Å². The Morgan fingerprint density at radius 1 is 0.953 bits per heavy atom. The molecule has 0 radical (unpaired) electrons. The zero-order valence-corrected chi connectivity index (χ0v) is 25.2. The zero-order chi connectivity index (χ0) is 29.5. The standard InChI is InChI=1S/C31H32FN5O4S.ClH/c1-42(39,40)35-26-12-14-29(15-13-26)41-30-16-7-23(21-33-30)22-36-19-17-28(18-20-36)37(27-5-3-2-4-6-27)31(38)34-25-10-8-24(32)9-11-25;/h2-16,21,28,35H,17-20,22H2,1H3,(H,34,38);1H. The molecule has 1 aromatic heterocycles. The van der Waals surface area contributed by atoms with Crippen molar-refractivity contribution in [2.75, 3.05) is 34.3 Å². The van der Waals surface area contributed by atoms with E-state index in [0.717, 1.165) is 50.0 Å². The van der Waals surface area contributed by atoms with Crippen LogP contribution in [0.15, 0.2) is 97.2 Å². The summed E-state index contributed by atoms with van der Waals surface area (Å²) in [5, 5.41) is 2.91. The Morgan fingerprint density at radius 3 is 2.21 bits per heavy atom. The van der Waals surface area contributed by atoms with Crippen molar-refractivity contribution in [2.24, 2.45) is 0 Å². The number of para-hydroxylation sites is 1. The van der Waals surface area contributed by atoms with Crippen molar-refractivity contribution in [3.05, 3.63) is 109 Å². The fourth-order valence-corrected chi connectivity index (χ4v) is 5.45. The van der Waals surface area contributed by atoms with E-state index in [1.807, 2.05) is 42.5 Å². The molecule has 0 spiro atoms. The SMILES string of the molecule is CS(=O)(=O)Nc1ccc(Oc2ccc(CN3CCC(N(C(=O)Nc4ccc(F)cc4)c4ccccc4)CC3)cn2)cc1.Cl. The second kappa shape index (κ2) is 14.3. The molecule has 12 heteroatoms. The molecule has 43 heavy (non-hydrogen) atoms. The van der Waals surface area contributed by atoms with Gasteiger partial charge in [-0.1, -0.05) is 24.3 Å². The number of halogens is 2. The lowest BCUT2D eigenvalue weighted by Crippen LogP contribution is -2.49. The number of nitrogens with one attached hydrogen (secondary N) is 2. The smallest absolute Gasteiger partial charge is 0.326 e. The number of urea groups is 1. The molecule has 1 fully saturated rings. The van der Waals surface area contributed by atoms with Crippen molar-refractivity contribution in [1.29, 1.82) is 0 Å². The first-order chi connectivity index (χ1) is 20.2. The molecule has 3 aromatic carbocycles. The van der Waals surface area contributed by atoms with Gasteiger partial charge in [0.1, 0.15) is 11.6 Å². The average molecular weight is 626 g/mol. The third-order valence-electron chi connectivity index (χ3n) is 6.85. The quantitative estimate of drug-likeness (QED) is 0.220. The lowest BCUT2D eigenvalue weighted by Gasteiger charge is -2.38. The Labute approximate surface area is 257 Å². The van der Waals surface area contributed by atoms with E-state index in [1.54, 1.807) is 47.5 Å². The first-order valence-corrected chi connectivity index (χ1v) is 15.4. The molecule has 0 aliphatic carbocycles. The molecule has 2 heterocycles. The van der Waals surface area contributed by atoms with Crippen LogP contribution in [0.4, 0.5) is 26.2 Å². The van der Waals surface area contributed by atoms with Gasteiger partial charge in [0.05, 0.1) is 6.26 Å². The first kappa shape index (κ1) is 31.7. The van der Waals surface area contributed by atoms with E-state index in [0.29, 0.717) is 23.0 Å². The van der Waals surface area contributed by atoms with Crippen LogP contribution in [0, 0.1) is 5.82 Å². The summed E-state index contributed by atoms with van der Waals surface area (Å²) in [6.07, 6.45) is 4.48. The van der Waals surface area contributed by atoms with E-state index in [2.05, 4.69) is 19.9 Å². The lowest BCUT2D eigenvalue weighted by atomic mass is 10.0. The van der Waals surface area contributed by atoms with Crippen molar-refractivity contribution < 1.29 is 22.3 Å². The third-order valence-corrected chi connectivity index (χ3v) is 7.46. The van der Waals surface area contributed by atoms with Crippen LogP contribution in [0.1, 0.15) is 18.4 Å². The highest BCUT2D eigenvalue weighted by Gasteiger charge is 2.29. The second-order valence-electron chi connectivity index (χ2n) is 10.2. The van der Waals surface area contributed by atoms with Crippen LogP contribution in [0.2, 0.25) is 0 Å². The molecule has 1 aliphatic heterocycles. The predicted octanol–water partition coefficient (Wildman–Crippen LogP) is 6.51. The number of sulfonamides is 1. The molecule has 0 bridgehead atoms. The van der Waals surface area contributed by atoms with Gasteiger partial charge in [0.25, 0.3) is 0 Å². The molecule has 9 nitrogen and oxygen atoms in total. The number of carbonyl (C=O) groups is 1. The topological polar surface area (TPSA) is 104 Å². The van der Waals surface area contributed by atoms with Gasteiger partial charge in [-0.2, -0.15) is 0 Å². The number of piperidine rings is 1. The number of carbonyl (C=O) groups excluding carboxylic acids is 1. The Kier molecular flexibility index (Phi) is 10.6. The van der Waals surface area contributed by atoms with Crippen LogP contribution in [0.25, 0.3) is 0 Å². The van der Waals surface area contributed by atoms with Gasteiger partial charge >= 0.3 is 6.03 Å². The molecule has 0 atom stereocenters. The maximum atomic E-state index is 13.4. The zero-order valence-electron chi connectivity index (χ0n) is 23.5. The van der Waals surface area contributed by atoms with Crippen molar-refractivity contribution in [3.63, 3.8) is 0 Å². The summed E-state index contributed by atoms with van der Waals surface area (Å²) >= 11 is 0. The lowest BCUT2D eigenvalue weighted by molar-refractivity contribution is 0.199. The average Bonchev–Trinajstić information content (AvgIpc) is 2.97. The molecule has 5 rings (SSSR count). The van der Waals surface area contributed by atoms with Gasteiger partial charge in [-0.3, -0.25) is 14.5 Å². The summed E-state index contributed by atoms with van der Waals surface area (Å²) < 4.78 is 44.3.